The third-order valence-electron chi connectivity index (χ3n) is 2.61. The molecule has 1 N–H and O–H groups in total. The van der Waals surface area contributed by atoms with Crippen LogP contribution in [0, 0.1) is 0 Å². The van der Waals surface area contributed by atoms with Gasteiger partial charge >= 0.3 is 11.9 Å². The highest BCUT2D eigenvalue weighted by atomic mass is 32.2. The minimum absolute atomic E-state index is 0.102. The maximum absolute atomic E-state index is 11.8. The summed E-state index contributed by atoms with van der Waals surface area (Å²) in [5.41, 5.74) is 1.16. The van der Waals surface area contributed by atoms with Gasteiger partial charge < -0.3 is 9.84 Å². The Kier molecular flexibility index (Phi) is 5.69. The van der Waals surface area contributed by atoms with Gasteiger partial charge in [-0.2, -0.15) is 0 Å². The normalized spacial score (nSPS) is 11.1. The van der Waals surface area contributed by atoms with E-state index in [1.807, 2.05) is 0 Å². The SMILES string of the molecule is COC(=O)CCS(=O)(=O)Cc1ccc(CC(=O)O)cc1. The second kappa shape index (κ2) is 7.04. The number of methoxy groups -OCH3 is 1. The van der Waals surface area contributed by atoms with Crippen LogP contribution in [0.2, 0.25) is 0 Å². The molecule has 1 rings (SSSR count). The average molecular weight is 300 g/mol. The Morgan fingerprint density at radius 3 is 2.20 bits per heavy atom. The fraction of sp³-hybridized carbons (Fsp3) is 0.385. The Balaban J connectivity index is 2.63. The maximum Gasteiger partial charge on any atom is 0.307 e. The largest absolute Gasteiger partial charge is 0.481 e. The van der Waals surface area contributed by atoms with E-state index in [4.69, 9.17) is 5.11 Å². The molecule has 0 bridgehead atoms. The summed E-state index contributed by atoms with van der Waals surface area (Å²) < 4.78 is 28.0. The highest BCUT2D eigenvalue weighted by molar-refractivity contribution is 7.90. The minimum Gasteiger partial charge on any atom is -0.481 e. The zero-order chi connectivity index (χ0) is 15.2. The van der Waals surface area contributed by atoms with Crippen molar-refractivity contribution >= 4 is 21.8 Å². The monoisotopic (exact) mass is 300 g/mol. The van der Waals surface area contributed by atoms with E-state index in [9.17, 15) is 18.0 Å². The number of hydrogen-bond donors (Lipinski definition) is 1. The van der Waals surface area contributed by atoms with Gasteiger partial charge in [-0.25, -0.2) is 8.42 Å². The van der Waals surface area contributed by atoms with Gasteiger partial charge in [-0.1, -0.05) is 24.3 Å². The molecule has 0 spiro atoms. The van der Waals surface area contributed by atoms with Gasteiger partial charge in [0, 0.05) is 0 Å². The number of carboxylic acid groups (broad SMARTS) is 1. The number of esters is 1. The first kappa shape index (κ1) is 16.2. The molecule has 7 heteroatoms. The lowest BCUT2D eigenvalue weighted by atomic mass is 10.1. The summed E-state index contributed by atoms with van der Waals surface area (Å²) in [5.74, 6) is -1.96. The van der Waals surface area contributed by atoms with E-state index < -0.39 is 21.8 Å². The van der Waals surface area contributed by atoms with Gasteiger partial charge in [0.25, 0.3) is 0 Å². The molecule has 0 aliphatic carbocycles. The summed E-state index contributed by atoms with van der Waals surface area (Å²) in [6.07, 6.45) is -0.273. The Morgan fingerprint density at radius 1 is 1.15 bits per heavy atom. The Bertz CT molecular complexity index is 573. The van der Waals surface area contributed by atoms with Crippen molar-refractivity contribution in [3.05, 3.63) is 35.4 Å². The second-order valence-electron chi connectivity index (χ2n) is 4.31. The summed E-state index contributed by atoms with van der Waals surface area (Å²) in [7, 11) is -2.19. The Morgan fingerprint density at radius 2 is 1.70 bits per heavy atom. The fourth-order valence-corrected chi connectivity index (χ4v) is 2.92. The van der Waals surface area contributed by atoms with E-state index >= 15 is 0 Å². The fourth-order valence-electron chi connectivity index (χ4n) is 1.59. The van der Waals surface area contributed by atoms with Crippen molar-refractivity contribution in [1.29, 1.82) is 0 Å². The number of hydrogen-bond acceptors (Lipinski definition) is 5. The van der Waals surface area contributed by atoms with Gasteiger partial charge in [-0.3, -0.25) is 9.59 Å². The molecule has 6 nitrogen and oxygen atoms in total. The van der Waals surface area contributed by atoms with Gasteiger partial charge in [-0.05, 0) is 11.1 Å². The van der Waals surface area contributed by atoms with Gasteiger partial charge in [0.15, 0.2) is 9.84 Å². The molecule has 0 unspecified atom stereocenters. The van der Waals surface area contributed by atoms with Crippen LogP contribution < -0.4 is 0 Å². The van der Waals surface area contributed by atoms with Crippen LogP contribution >= 0.6 is 0 Å². The Hall–Kier alpha value is -1.89. The predicted molar refractivity (Wildman–Crippen MR) is 71.9 cm³/mol. The van der Waals surface area contributed by atoms with Gasteiger partial charge in [0.05, 0.1) is 31.5 Å². The number of benzene rings is 1. The first-order chi connectivity index (χ1) is 9.32. The number of aliphatic carboxylic acids is 1. The maximum atomic E-state index is 11.8. The lowest BCUT2D eigenvalue weighted by Crippen LogP contribution is -2.14. The number of rotatable bonds is 7. The predicted octanol–water partition coefficient (Wildman–Crippen LogP) is 0.792. The zero-order valence-electron chi connectivity index (χ0n) is 11.0. The average Bonchev–Trinajstić information content (AvgIpc) is 2.37. The summed E-state index contributed by atoms with van der Waals surface area (Å²) in [4.78, 5) is 21.4. The second-order valence-corrected chi connectivity index (χ2v) is 6.49. The molecule has 1 aromatic rings. The van der Waals surface area contributed by atoms with E-state index in [0.717, 1.165) is 0 Å². The summed E-state index contributed by atoms with van der Waals surface area (Å²) in [6.45, 7) is 0. The van der Waals surface area contributed by atoms with Crippen LogP contribution in [0.3, 0.4) is 0 Å². The summed E-state index contributed by atoms with van der Waals surface area (Å²) >= 11 is 0. The summed E-state index contributed by atoms with van der Waals surface area (Å²) in [5, 5.41) is 8.63. The molecular weight excluding hydrogens is 284 g/mol. The van der Waals surface area contributed by atoms with Crippen LogP contribution in [0.4, 0.5) is 0 Å². The molecule has 110 valence electrons. The number of carbonyl (C=O) groups is 2. The number of carboxylic acids is 1. The topological polar surface area (TPSA) is 97.7 Å². The minimum atomic E-state index is -3.39. The van der Waals surface area contributed by atoms with E-state index in [1.54, 1.807) is 24.3 Å². The highest BCUT2D eigenvalue weighted by Crippen LogP contribution is 2.10. The van der Waals surface area contributed by atoms with Crippen LogP contribution in [0.5, 0.6) is 0 Å². The van der Waals surface area contributed by atoms with Crippen molar-refractivity contribution < 1.29 is 27.9 Å². The lowest BCUT2D eigenvalue weighted by Gasteiger charge is -2.05. The first-order valence-electron chi connectivity index (χ1n) is 5.89. The molecule has 0 aliphatic heterocycles. The van der Waals surface area contributed by atoms with Crippen molar-refractivity contribution in [2.45, 2.75) is 18.6 Å². The third kappa shape index (κ3) is 5.83. The molecular formula is C13H16O6S. The van der Waals surface area contributed by atoms with Crippen molar-refractivity contribution in [2.24, 2.45) is 0 Å². The number of ether oxygens (including phenoxy) is 1. The Labute approximate surface area is 117 Å². The van der Waals surface area contributed by atoms with Crippen molar-refractivity contribution in [1.82, 2.24) is 0 Å². The molecule has 1 aromatic carbocycles. The van der Waals surface area contributed by atoms with Crippen LogP contribution in [0.1, 0.15) is 17.5 Å². The van der Waals surface area contributed by atoms with E-state index in [-0.39, 0.29) is 24.3 Å². The van der Waals surface area contributed by atoms with Crippen LogP contribution in [0.15, 0.2) is 24.3 Å². The molecule has 20 heavy (non-hydrogen) atoms. The van der Waals surface area contributed by atoms with Crippen LogP contribution in [-0.4, -0.2) is 38.3 Å². The molecule has 0 saturated heterocycles. The first-order valence-corrected chi connectivity index (χ1v) is 7.71. The van der Waals surface area contributed by atoms with Crippen molar-refractivity contribution in [2.75, 3.05) is 12.9 Å². The zero-order valence-corrected chi connectivity index (χ0v) is 11.9. The highest BCUT2D eigenvalue weighted by Gasteiger charge is 2.15. The number of carbonyl (C=O) groups excluding carboxylic acids is 1. The number of sulfone groups is 1. The van der Waals surface area contributed by atoms with Gasteiger partial charge in [0.1, 0.15) is 0 Å². The molecule has 0 heterocycles. The molecule has 0 amide bonds. The van der Waals surface area contributed by atoms with E-state index in [2.05, 4.69) is 4.74 Å². The van der Waals surface area contributed by atoms with Crippen LogP contribution in [-0.2, 0) is 36.3 Å². The van der Waals surface area contributed by atoms with Crippen LogP contribution in [0.25, 0.3) is 0 Å². The molecule has 0 atom stereocenters. The molecule has 0 aromatic heterocycles. The quantitative estimate of drug-likeness (QED) is 0.748. The molecule has 0 fully saturated rings. The molecule has 0 saturated carbocycles. The third-order valence-corrected chi connectivity index (χ3v) is 4.21. The van der Waals surface area contributed by atoms with E-state index in [0.29, 0.717) is 11.1 Å². The van der Waals surface area contributed by atoms with Crippen molar-refractivity contribution in [3.63, 3.8) is 0 Å². The van der Waals surface area contributed by atoms with Gasteiger partial charge in [0.2, 0.25) is 0 Å². The summed E-state index contributed by atoms with van der Waals surface area (Å²) in [6, 6.07) is 6.32. The standard InChI is InChI=1S/C13H16O6S/c1-19-13(16)6-7-20(17,18)9-11-4-2-10(3-5-11)8-12(14)15/h2-5H,6-9H2,1H3,(H,14,15). The van der Waals surface area contributed by atoms with Gasteiger partial charge in [-0.15, -0.1) is 0 Å². The smallest absolute Gasteiger partial charge is 0.307 e. The van der Waals surface area contributed by atoms with Crippen molar-refractivity contribution in [3.8, 4) is 0 Å². The van der Waals surface area contributed by atoms with E-state index in [1.165, 1.54) is 7.11 Å². The molecule has 0 aliphatic rings. The molecule has 0 radical (unpaired) electrons. The lowest BCUT2D eigenvalue weighted by molar-refractivity contribution is -0.140.